The molecule has 0 saturated heterocycles. The van der Waals surface area contributed by atoms with E-state index in [9.17, 15) is 14.4 Å². The molecule has 6 nitrogen and oxygen atoms in total. The molecule has 1 unspecified atom stereocenters. The van der Waals surface area contributed by atoms with Crippen LogP contribution in [0.25, 0.3) is 0 Å². The van der Waals surface area contributed by atoms with Crippen LogP contribution in [0.1, 0.15) is 44.8 Å². The molecule has 3 aromatic rings. The fourth-order valence-electron chi connectivity index (χ4n) is 2.98. The Bertz CT molecular complexity index is 1030. The van der Waals surface area contributed by atoms with E-state index in [2.05, 4.69) is 10.6 Å². The van der Waals surface area contributed by atoms with E-state index >= 15 is 0 Å². The number of benzene rings is 3. The summed E-state index contributed by atoms with van der Waals surface area (Å²) >= 11 is 0. The lowest BCUT2D eigenvalue weighted by Crippen LogP contribution is -2.28. The average Bonchev–Trinajstić information content (AvgIpc) is 2.74. The maximum Gasteiger partial charge on any atom is 0.316 e. The van der Waals surface area contributed by atoms with E-state index in [0.29, 0.717) is 22.4 Å². The van der Waals surface area contributed by atoms with Gasteiger partial charge in [0.2, 0.25) is 0 Å². The SMILES string of the molecule is CC(NC(=O)c1ccccc1C(=O)c1ccccc1)c1ccc(NC(N)=O)cc1. The van der Waals surface area contributed by atoms with Crippen LogP contribution in [0.5, 0.6) is 0 Å². The first-order valence-electron chi connectivity index (χ1n) is 9.12. The Labute approximate surface area is 168 Å². The molecule has 0 aliphatic carbocycles. The number of nitrogens with one attached hydrogen (secondary N) is 2. The number of hydrogen-bond donors (Lipinski definition) is 3. The van der Waals surface area contributed by atoms with Gasteiger partial charge in [0.1, 0.15) is 0 Å². The molecule has 0 aromatic heterocycles. The molecule has 1 atom stereocenters. The summed E-state index contributed by atoms with van der Waals surface area (Å²) in [5.41, 5.74) is 7.71. The number of nitrogens with two attached hydrogens (primary N) is 1. The Kier molecular flexibility index (Phi) is 6.04. The Morgan fingerprint density at radius 3 is 2.00 bits per heavy atom. The third kappa shape index (κ3) is 4.87. The predicted octanol–water partition coefficient (Wildman–Crippen LogP) is 3.90. The minimum absolute atomic E-state index is 0.203. The molecule has 0 aliphatic heterocycles. The van der Waals surface area contributed by atoms with Crippen molar-refractivity contribution in [2.75, 3.05) is 5.32 Å². The van der Waals surface area contributed by atoms with E-state index in [0.717, 1.165) is 5.56 Å². The highest BCUT2D eigenvalue weighted by molar-refractivity contribution is 6.15. The van der Waals surface area contributed by atoms with Gasteiger partial charge < -0.3 is 16.4 Å². The lowest BCUT2D eigenvalue weighted by atomic mass is 9.97. The number of primary amides is 1. The molecule has 0 heterocycles. The van der Waals surface area contributed by atoms with Crippen LogP contribution in [-0.4, -0.2) is 17.7 Å². The number of ketones is 1. The minimum atomic E-state index is -0.640. The maximum atomic E-state index is 12.9. The second-order valence-electron chi connectivity index (χ2n) is 6.55. The van der Waals surface area contributed by atoms with Crippen molar-refractivity contribution in [3.05, 3.63) is 101 Å². The minimum Gasteiger partial charge on any atom is -0.351 e. The molecule has 3 amide bonds. The lowest BCUT2D eigenvalue weighted by Gasteiger charge is -2.16. The molecule has 0 saturated carbocycles. The van der Waals surface area contributed by atoms with E-state index in [1.165, 1.54) is 0 Å². The van der Waals surface area contributed by atoms with Crippen LogP contribution in [-0.2, 0) is 0 Å². The largest absolute Gasteiger partial charge is 0.351 e. The fraction of sp³-hybridized carbons (Fsp3) is 0.0870. The third-order valence-electron chi connectivity index (χ3n) is 4.48. The summed E-state index contributed by atoms with van der Waals surface area (Å²) in [7, 11) is 0. The predicted molar refractivity (Wildman–Crippen MR) is 112 cm³/mol. The van der Waals surface area contributed by atoms with Crippen molar-refractivity contribution in [2.24, 2.45) is 5.73 Å². The topological polar surface area (TPSA) is 101 Å². The van der Waals surface area contributed by atoms with Crippen LogP contribution in [0.4, 0.5) is 10.5 Å². The summed E-state index contributed by atoms with van der Waals surface area (Å²) < 4.78 is 0. The van der Waals surface area contributed by atoms with Gasteiger partial charge in [-0.1, -0.05) is 60.7 Å². The van der Waals surface area contributed by atoms with Gasteiger partial charge in [-0.25, -0.2) is 4.79 Å². The number of urea groups is 1. The normalized spacial score (nSPS) is 11.3. The molecular weight excluding hydrogens is 366 g/mol. The quantitative estimate of drug-likeness (QED) is 0.559. The van der Waals surface area contributed by atoms with Crippen molar-refractivity contribution in [3.8, 4) is 0 Å². The Morgan fingerprint density at radius 1 is 0.793 bits per heavy atom. The van der Waals surface area contributed by atoms with Crippen molar-refractivity contribution in [2.45, 2.75) is 13.0 Å². The molecule has 4 N–H and O–H groups in total. The standard InChI is InChI=1S/C23H21N3O3/c1-15(16-11-13-18(14-12-16)26-23(24)29)25-22(28)20-10-6-5-9-19(20)21(27)17-7-3-2-4-8-17/h2-15H,1H3,(H,25,28)(H3,24,26,29). The summed E-state index contributed by atoms with van der Waals surface area (Å²) in [5, 5.41) is 5.40. The monoisotopic (exact) mass is 387 g/mol. The zero-order valence-corrected chi connectivity index (χ0v) is 15.9. The summed E-state index contributed by atoms with van der Waals surface area (Å²) in [6, 6.07) is 21.7. The molecule has 29 heavy (non-hydrogen) atoms. The first-order chi connectivity index (χ1) is 14.0. The van der Waals surface area contributed by atoms with Crippen molar-refractivity contribution in [3.63, 3.8) is 0 Å². The van der Waals surface area contributed by atoms with Crippen LogP contribution in [0.3, 0.4) is 0 Å². The van der Waals surface area contributed by atoms with Crippen LogP contribution in [0.2, 0.25) is 0 Å². The zero-order valence-electron chi connectivity index (χ0n) is 15.9. The number of hydrogen-bond acceptors (Lipinski definition) is 3. The molecule has 0 aliphatic rings. The Balaban J connectivity index is 1.77. The second kappa shape index (κ2) is 8.84. The molecule has 146 valence electrons. The third-order valence-corrected chi connectivity index (χ3v) is 4.48. The summed E-state index contributed by atoms with van der Waals surface area (Å²) in [6.07, 6.45) is 0. The van der Waals surface area contributed by atoms with Crippen molar-refractivity contribution in [1.29, 1.82) is 0 Å². The highest BCUT2D eigenvalue weighted by Crippen LogP contribution is 2.19. The molecular formula is C23H21N3O3. The molecule has 3 aromatic carbocycles. The van der Waals surface area contributed by atoms with Gasteiger partial charge in [-0.3, -0.25) is 9.59 Å². The van der Waals surface area contributed by atoms with E-state index in [4.69, 9.17) is 5.73 Å². The number of amides is 3. The zero-order chi connectivity index (χ0) is 20.8. The Hall–Kier alpha value is -3.93. The van der Waals surface area contributed by atoms with E-state index in [-0.39, 0.29) is 17.7 Å². The first kappa shape index (κ1) is 19.8. The summed E-state index contributed by atoms with van der Waals surface area (Å²) in [5.74, 6) is -0.539. The van der Waals surface area contributed by atoms with Crippen molar-refractivity contribution >= 4 is 23.4 Å². The molecule has 6 heteroatoms. The number of rotatable bonds is 6. The summed E-state index contributed by atoms with van der Waals surface area (Å²) in [4.78, 5) is 36.6. The maximum absolute atomic E-state index is 12.9. The molecule has 0 spiro atoms. The van der Waals surface area contributed by atoms with Gasteiger partial charge in [0.25, 0.3) is 5.91 Å². The van der Waals surface area contributed by atoms with Crippen LogP contribution in [0.15, 0.2) is 78.9 Å². The number of carbonyl (C=O) groups excluding carboxylic acids is 3. The number of anilines is 1. The van der Waals surface area contributed by atoms with Crippen LogP contribution in [0, 0.1) is 0 Å². The van der Waals surface area contributed by atoms with Gasteiger partial charge >= 0.3 is 6.03 Å². The molecule has 0 radical (unpaired) electrons. The smallest absolute Gasteiger partial charge is 0.316 e. The van der Waals surface area contributed by atoms with Crippen molar-refractivity contribution < 1.29 is 14.4 Å². The summed E-state index contributed by atoms with van der Waals surface area (Å²) in [6.45, 7) is 1.84. The highest BCUT2D eigenvalue weighted by Gasteiger charge is 2.19. The van der Waals surface area contributed by atoms with Gasteiger partial charge in [-0.05, 0) is 30.7 Å². The van der Waals surface area contributed by atoms with E-state index in [1.807, 2.05) is 13.0 Å². The van der Waals surface area contributed by atoms with Gasteiger partial charge in [0.05, 0.1) is 11.6 Å². The van der Waals surface area contributed by atoms with Crippen molar-refractivity contribution in [1.82, 2.24) is 5.32 Å². The van der Waals surface area contributed by atoms with Gasteiger partial charge in [-0.2, -0.15) is 0 Å². The molecule has 0 bridgehead atoms. The number of carbonyl (C=O) groups is 3. The average molecular weight is 387 g/mol. The fourth-order valence-corrected chi connectivity index (χ4v) is 2.98. The molecule has 3 rings (SSSR count). The van der Waals surface area contributed by atoms with E-state index < -0.39 is 6.03 Å². The van der Waals surface area contributed by atoms with Crippen LogP contribution < -0.4 is 16.4 Å². The first-order valence-corrected chi connectivity index (χ1v) is 9.12. The highest BCUT2D eigenvalue weighted by atomic mass is 16.2. The van der Waals surface area contributed by atoms with Gasteiger partial charge in [-0.15, -0.1) is 0 Å². The van der Waals surface area contributed by atoms with Gasteiger partial charge in [0, 0.05) is 16.8 Å². The van der Waals surface area contributed by atoms with Gasteiger partial charge in [0.15, 0.2) is 5.78 Å². The van der Waals surface area contributed by atoms with E-state index in [1.54, 1.807) is 72.8 Å². The second-order valence-corrected chi connectivity index (χ2v) is 6.55. The lowest BCUT2D eigenvalue weighted by molar-refractivity contribution is 0.0929. The van der Waals surface area contributed by atoms with Crippen LogP contribution >= 0.6 is 0 Å². The molecule has 0 fully saturated rings. The Morgan fingerprint density at radius 2 is 1.38 bits per heavy atom.